The summed E-state index contributed by atoms with van der Waals surface area (Å²) >= 11 is 0. The Morgan fingerprint density at radius 2 is 1.77 bits per heavy atom. The fraction of sp³-hybridized carbons (Fsp3) is 0.292. The number of aliphatic hydroxyl groups excluding tert-OH is 2. The molecule has 1 unspecified atom stereocenters. The van der Waals surface area contributed by atoms with Crippen LogP contribution >= 0.6 is 0 Å². The van der Waals surface area contributed by atoms with Gasteiger partial charge in [0.15, 0.2) is 0 Å². The summed E-state index contributed by atoms with van der Waals surface area (Å²) in [6.45, 7) is 4.11. The molecule has 3 aromatic rings. The summed E-state index contributed by atoms with van der Waals surface area (Å²) in [4.78, 5) is 10.6. The van der Waals surface area contributed by atoms with Crippen LogP contribution < -0.4 is 34.7 Å². The van der Waals surface area contributed by atoms with Gasteiger partial charge in [0.1, 0.15) is 5.82 Å². The zero-order chi connectivity index (χ0) is 21.8. The van der Waals surface area contributed by atoms with Gasteiger partial charge in [0.2, 0.25) is 0 Å². The zero-order valence-electron chi connectivity index (χ0n) is 18.0. The van der Waals surface area contributed by atoms with Crippen molar-refractivity contribution in [1.29, 1.82) is 0 Å². The van der Waals surface area contributed by atoms with Gasteiger partial charge in [-0.3, -0.25) is 0 Å². The summed E-state index contributed by atoms with van der Waals surface area (Å²) < 4.78 is 15.6. The molecule has 0 aliphatic carbocycles. The Kier molecular flexibility index (Phi) is 9.03. The average molecular weight is 433 g/mol. The summed E-state index contributed by atoms with van der Waals surface area (Å²) in [7, 11) is 0. The Morgan fingerprint density at radius 3 is 2.39 bits per heavy atom. The maximum atomic E-state index is 13.5. The molecule has 2 N–H and O–H groups in total. The molecule has 0 fully saturated rings. The van der Waals surface area contributed by atoms with Crippen LogP contribution in [-0.2, 0) is 4.79 Å². The van der Waals surface area contributed by atoms with Crippen LogP contribution in [0.3, 0.4) is 0 Å². The van der Waals surface area contributed by atoms with Gasteiger partial charge in [-0.15, -0.1) is 0 Å². The van der Waals surface area contributed by atoms with Crippen molar-refractivity contribution in [1.82, 2.24) is 4.57 Å². The van der Waals surface area contributed by atoms with Gasteiger partial charge in [-0.25, -0.2) is 4.39 Å². The number of aliphatic carboxylic acids is 1. The summed E-state index contributed by atoms with van der Waals surface area (Å²) in [6, 6.07) is 14.3. The van der Waals surface area contributed by atoms with E-state index < -0.39 is 24.6 Å². The number of hydrogen-bond donors (Lipinski definition) is 2. The SMILES string of the molecule is CC(C)n1c(/C=C/C(O)C[C@H](O)CC(=O)[O-])c(-c2ccc(F)cc2)c2ccccc21.[Na+]. The Hall–Kier alpha value is -1.96. The van der Waals surface area contributed by atoms with E-state index in [1.807, 2.05) is 24.3 Å². The molecule has 0 radical (unpaired) electrons. The fourth-order valence-corrected chi connectivity index (χ4v) is 3.76. The third kappa shape index (κ3) is 6.05. The summed E-state index contributed by atoms with van der Waals surface area (Å²) in [5.74, 6) is -1.68. The minimum Gasteiger partial charge on any atom is -0.550 e. The first kappa shape index (κ1) is 25.3. The molecule has 2 atom stereocenters. The number of carboxylic acid groups (broad SMARTS) is 1. The number of nitrogens with zero attached hydrogens (tertiary/aromatic N) is 1. The standard InChI is InChI=1S/C24H26FNO4.Na/c1-15(2)26-21-6-4-3-5-20(21)24(16-7-9-17(25)10-8-16)22(26)12-11-18(27)13-19(28)14-23(29)30;/h3-12,15,18-19,27-28H,13-14H2,1-2H3,(H,29,30);/q;+1/p-1/b12-11+;/t18?,19-;/m0./s1. The largest absolute Gasteiger partial charge is 1.00 e. The number of fused-ring (bicyclic) bond motifs is 1. The van der Waals surface area contributed by atoms with Crippen LogP contribution in [0.4, 0.5) is 4.39 Å². The van der Waals surface area contributed by atoms with Gasteiger partial charge in [0.25, 0.3) is 0 Å². The van der Waals surface area contributed by atoms with Gasteiger partial charge >= 0.3 is 29.6 Å². The number of rotatable bonds is 8. The molecule has 0 bridgehead atoms. The summed E-state index contributed by atoms with van der Waals surface area (Å²) in [5.41, 5.74) is 3.61. The maximum Gasteiger partial charge on any atom is 1.00 e. The number of hydrogen-bond acceptors (Lipinski definition) is 4. The molecule has 31 heavy (non-hydrogen) atoms. The summed E-state index contributed by atoms with van der Waals surface area (Å²) in [6.07, 6.45) is 0.450. The second-order valence-corrected chi connectivity index (χ2v) is 7.64. The van der Waals surface area contributed by atoms with Crippen molar-refractivity contribution < 1.29 is 54.1 Å². The molecule has 0 spiro atoms. The molecular formula is C24H25FNNaO4. The Morgan fingerprint density at radius 1 is 1.13 bits per heavy atom. The second kappa shape index (κ2) is 11.1. The van der Waals surface area contributed by atoms with E-state index in [4.69, 9.17) is 0 Å². The topological polar surface area (TPSA) is 85.5 Å². The van der Waals surface area contributed by atoms with E-state index in [1.54, 1.807) is 24.3 Å². The van der Waals surface area contributed by atoms with Gasteiger partial charge in [0, 0.05) is 47.0 Å². The molecule has 0 aliphatic rings. The first-order valence-electron chi connectivity index (χ1n) is 9.91. The molecule has 1 aromatic heterocycles. The van der Waals surface area contributed by atoms with Crippen molar-refractivity contribution in [2.45, 2.75) is 44.9 Å². The molecule has 7 heteroatoms. The third-order valence-corrected chi connectivity index (χ3v) is 4.99. The number of carbonyl (C=O) groups excluding carboxylic acids is 1. The molecule has 5 nitrogen and oxygen atoms in total. The van der Waals surface area contributed by atoms with Gasteiger partial charge in [-0.2, -0.15) is 0 Å². The quantitative estimate of drug-likeness (QED) is 0.501. The van der Waals surface area contributed by atoms with Gasteiger partial charge < -0.3 is 24.7 Å². The van der Waals surface area contributed by atoms with Crippen molar-refractivity contribution in [3.8, 4) is 11.1 Å². The smallest absolute Gasteiger partial charge is 0.550 e. The van der Waals surface area contributed by atoms with Gasteiger partial charge in [0.05, 0.1) is 12.2 Å². The van der Waals surface area contributed by atoms with E-state index in [-0.39, 0.29) is 47.8 Å². The molecule has 0 saturated heterocycles. The van der Waals surface area contributed by atoms with Crippen molar-refractivity contribution in [2.75, 3.05) is 0 Å². The van der Waals surface area contributed by atoms with Crippen LogP contribution in [0.1, 0.15) is 38.4 Å². The number of carbonyl (C=O) groups is 1. The van der Waals surface area contributed by atoms with Crippen LogP contribution in [0.25, 0.3) is 28.1 Å². The minimum absolute atomic E-state index is 0. The Bertz CT molecular complexity index is 1060. The average Bonchev–Trinajstić information content (AvgIpc) is 3.00. The summed E-state index contributed by atoms with van der Waals surface area (Å²) in [5, 5.41) is 31.6. The first-order chi connectivity index (χ1) is 14.3. The number of carboxylic acids is 1. The molecule has 0 aliphatic heterocycles. The van der Waals surface area contributed by atoms with E-state index >= 15 is 0 Å². The van der Waals surface area contributed by atoms with Crippen molar-refractivity contribution >= 4 is 22.9 Å². The predicted octanol–water partition coefficient (Wildman–Crippen LogP) is 0.297. The first-order valence-corrected chi connectivity index (χ1v) is 9.91. The van der Waals surface area contributed by atoms with Crippen molar-refractivity contribution in [2.24, 2.45) is 0 Å². The van der Waals surface area contributed by atoms with Crippen LogP contribution in [-0.4, -0.2) is 33.0 Å². The molecule has 2 aromatic carbocycles. The van der Waals surface area contributed by atoms with Crippen LogP contribution in [0, 0.1) is 5.82 Å². The number of halogens is 1. The normalized spacial score (nSPS) is 13.5. The molecule has 0 amide bonds. The number of benzene rings is 2. The fourth-order valence-electron chi connectivity index (χ4n) is 3.76. The Balaban J connectivity index is 0.00000341. The van der Waals surface area contributed by atoms with Crippen LogP contribution in [0.5, 0.6) is 0 Å². The zero-order valence-corrected chi connectivity index (χ0v) is 20.0. The minimum atomic E-state index is -1.36. The van der Waals surface area contributed by atoms with E-state index in [0.29, 0.717) is 0 Å². The maximum absolute atomic E-state index is 13.5. The van der Waals surface area contributed by atoms with Crippen LogP contribution in [0.15, 0.2) is 54.6 Å². The number of aromatic nitrogens is 1. The van der Waals surface area contributed by atoms with Crippen LogP contribution in [0.2, 0.25) is 0 Å². The number of para-hydroxylation sites is 1. The van der Waals surface area contributed by atoms with Crippen molar-refractivity contribution in [3.05, 3.63) is 66.1 Å². The van der Waals surface area contributed by atoms with Gasteiger partial charge in [-0.1, -0.05) is 36.4 Å². The molecule has 0 saturated carbocycles. The monoisotopic (exact) mass is 433 g/mol. The van der Waals surface area contributed by atoms with E-state index in [2.05, 4.69) is 18.4 Å². The third-order valence-electron chi connectivity index (χ3n) is 4.99. The molecular weight excluding hydrogens is 408 g/mol. The number of aliphatic hydroxyl groups is 2. The van der Waals surface area contributed by atoms with E-state index in [0.717, 1.165) is 27.7 Å². The molecule has 3 rings (SSSR count). The van der Waals surface area contributed by atoms with E-state index in [9.17, 15) is 24.5 Å². The Labute approximate surface area is 203 Å². The van der Waals surface area contributed by atoms with Gasteiger partial charge in [-0.05, 0) is 43.7 Å². The molecule has 1 heterocycles. The molecule has 158 valence electrons. The second-order valence-electron chi connectivity index (χ2n) is 7.64. The van der Waals surface area contributed by atoms with E-state index in [1.165, 1.54) is 12.1 Å². The van der Waals surface area contributed by atoms with Crippen molar-refractivity contribution in [3.63, 3.8) is 0 Å². The predicted molar refractivity (Wildman–Crippen MR) is 113 cm³/mol.